The van der Waals surface area contributed by atoms with Crippen molar-refractivity contribution in [1.82, 2.24) is 0 Å². The van der Waals surface area contributed by atoms with E-state index in [0.29, 0.717) is 0 Å². The van der Waals surface area contributed by atoms with Crippen molar-refractivity contribution >= 4 is 17.6 Å². The van der Waals surface area contributed by atoms with Crippen molar-refractivity contribution in [3.63, 3.8) is 0 Å². The standard InChI is InChI=1S/C10H6ClF5O2/c1-2-18-9(17)6-5(11)3-4(10(14,15)16)7(12)8(6)13/h3H,2H2,1H3. The molecule has 0 aliphatic rings. The van der Waals surface area contributed by atoms with Crippen LogP contribution in [0, 0.1) is 11.6 Å². The van der Waals surface area contributed by atoms with E-state index in [9.17, 15) is 26.7 Å². The molecule has 0 aliphatic heterocycles. The van der Waals surface area contributed by atoms with Crippen molar-refractivity contribution in [1.29, 1.82) is 0 Å². The van der Waals surface area contributed by atoms with Gasteiger partial charge in [-0.25, -0.2) is 13.6 Å². The molecule has 1 aromatic carbocycles. The van der Waals surface area contributed by atoms with E-state index in [1.807, 2.05) is 0 Å². The Kier molecular flexibility index (Phi) is 4.16. The second kappa shape index (κ2) is 5.09. The van der Waals surface area contributed by atoms with E-state index in [0.717, 1.165) is 0 Å². The van der Waals surface area contributed by atoms with Crippen LogP contribution in [0.3, 0.4) is 0 Å². The molecule has 0 radical (unpaired) electrons. The number of carbonyl (C=O) groups is 1. The second-order valence-electron chi connectivity index (χ2n) is 3.13. The van der Waals surface area contributed by atoms with Crippen LogP contribution in [-0.2, 0) is 10.9 Å². The maximum absolute atomic E-state index is 13.4. The summed E-state index contributed by atoms with van der Waals surface area (Å²) in [5.41, 5.74) is -2.93. The van der Waals surface area contributed by atoms with Crippen molar-refractivity contribution in [3.8, 4) is 0 Å². The number of hydrogen-bond acceptors (Lipinski definition) is 2. The van der Waals surface area contributed by atoms with Gasteiger partial charge in [-0.1, -0.05) is 11.6 Å². The van der Waals surface area contributed by atoms with Crippen LogP contribution in [0.2, 0.25) is 5.02 Å². The van der Waals surface area contributed by atoms with Crippen LogP contribution >= 0.6 is 11.6 Å². The van der Waals surface area contributed by atoms with Gasteiger partial charge in [0.1, 0.15) is 5.56 Å². The Hall–Kier alpha value is -1.37. The number of rotatable bonds is 2. The van der Waals surface area contributed by atoms with Crippen LogP contribution in [-0.4, -0.2) is 12.6 Å². The van der Waals surface area contributed by atoms with Crippen molar-refractivity contribution in [2.24, 2.45) is 0 Å². The number of carbonyl (C=O) groups excluding carboxylic acids is 1. The van der Waals surface area contributed by atoms with Gasteiger partial charge in [0.25, 0.3) is 0 Å². The monoisotopic (exact) mass is 288 g/mol. The zero-order chi connectivity index (χ0) is 14.1. The van der Waals surface area contributed by atoms with Gasteiger partial charge in [-0.3, -0.25) is 0 Å². The fourth-order valence-electron chi connectivity index (χ4n) is 1.19. The van der Waals surface area contributed by atoms with Crippen LogP contribution in [0.1, 0.15) is 22.8 Å². The lowest BCUT2D eigenvalue weighted by Gasteiger charge is -2.12. The predicted octanol–water partition coefficient (Wildman–Crippen LogP) is 3.81. The third kappa shape index (κ3) is 2.72. The molecule has 0 bridgehead atoms. The number of ether oxygens (including phenoxy) is 1. The molecule has 0 amide bonds. The van der Waals surface area contributed by atoms with Crippen LogP contribution in [0.15, 0.2) is 6.07 Å². The minimum atomic E-state index is -5.11. The lowest BCUT2D eigenvalue weighted by molar-refractivity contribution is -0.140. The maximum atomic E-state index is 13.4. The van der Waals surface area contributed by atoms with Gasteiger partial charge < -0.3 is 4.74 Å². The summed E-state index contributed by atoms with van der Waals surface area (Å²) in [6.07, 6.45) is -5.11. The van der Waals surface area contributed by atoms with Crippen molar-refractivity contribution in [2.45, 2.75) is 13.1 Å². The van der Waals surface area contributed by atoms with Gasteiger partial charge in [0.05, 0.1) is 17.2 Å². The number of hydrogen-bond donors (Lipinski definition) is 0. The van der Waals surface area contributed by atoms with Crippen LogP contribution in [0.5, 0.6) is 0 Å². The van der Waals surface area contributed by atoms with Crippen molar-refractivity contribution in [3.05, 3.63) is 33.9 Å². The van der Waals surface area contributed by atoms with E-state index in [1.54, 1.807) is 0 Å². The SMILES string of the molecule is CCOC(=O)c1c(Cl)cc(C(F)(F)F)c(F)c1F. The second-order valence-corrected chi connectivity index (χ2v) is 3.53. The summed E-state index contributed by atoms with van der Waals surface area (Å²) in [5, 5.41) is -0.861. The minimum absolute atomic E-state index is 0.145. The number of alkyl halides is 3. The van der Waals surface area contributed by atoms with Gasteiger partial charge in [0.15, 0.2) is 11.6 Å². The highest BCUT2D eigenvalue weighted by Gasteiger charge is 2.38. The Morgan fingerprint density at radius 2 is 1.89 bits per heavy atom. The Bertz CT molecular complexity index is 484. The molecule has 0 saturated heterocycles. The van der Waals surface area contributed by atoms with Gasteiger partial charge in [-0.2, -0.15) is 13.2 Å². The van der Waals surface area contributed by atoms with Gasteiger partial charge in [-0.05, 0) is 13.0 Å². The van der Waals surface area contributed by atoms with E-state index < -0.39 is 39.9 Å². The Balaban J connectivity index is 3.43. The molecule has 0 N–H and O–H groups in total. The molecule has 0 fully saturated rings. The average molecular weight is 289 g/mol. The Labute approximate surface area is 103 Å². The molecule has 0 heterocycles. The smallest absolute Gasteiger partial charge is 0.419 e. The highest BCUT2D eigenvalue weighted by atomic mass is 35.5. The molecule has 1 rings (SSSR count). The molecule has 0 aliphatic carbocycles. The summed E-state index contributed by atoms with van der Waals surface area (Å²) < 4.78 is 67.8. The topological polar surface area (TPSA) is 26.3 Å². The summed E-state index contributed by atoms with van der Waals surface area (Å²) >= 11 is 5.34. The fourth-order valence-corrected chi connectivity index (χ4v) is 1.46. The molecule has 1 aromatic rings. The van der Waals surface area contributed by atoms with E-state index >= 15 is 0 Å². The lowest BCUT2D eigenvalue weighted by atomic mass is 10.1. The number of halogens is 6. The lowest BCUT2D eigenvalue weighted by Crippen LogP contribution is -2.15. The summed E-state index contributed by atoms with van der Waals surface area (Å²) in [7, 11) is 0. The predicted molar refractivity (Wildman–Crippen MR) is 52.3 cm³/mol. The molecule has 0 atom stereocenters. The van der Waals surface area contributed by atoms with E-state index in [1.165, 1.54) is 6.92 Å². The Morgan fingerprint density at radius 3 is 2.33 bits per heavy atom. The van der Waals surface area contributed by atoms with Crippen LogP contribution in [0.25, 0.3) is 0 Å². The first kappa shape index (κ1) is 14.7. The first-order valence-corrected chi connectivity index (χ1v) is 4.99. The van der Waals surface area contributed by atoms with Gasteiger partial charge in [0.2, 0.25) is 0 Å². The highest BCUT2D eigenvalue weighted by Crippen LogP contribution is 2.36. The van der Waals surface area contributed by atoms with E-state index in [2.05, 4.69) is 4.74 Å². The van der Waals surface area contributed by atoms with Gasteiger partial charge in [0, 0.05) is 0 Å². The molecule has 0 unspecified atom stereocenters. The molecule has 0 spiro atoms. The number of benzene rings is 1. The third-order valence-corrected chi connectivity index (χ3v) is 2.24. The molecular formula is C10H6ClF5O2. The van der Waals surface area contributed by atoms with Crippen LogP contribution < -0.4 is 0 Å². The zero-order valence-electron chi connectivity index (χ0n) is 8.87. The first-order chi connectivity index (χ1) is 8.20. The summed E-state index contributed by atoms with van der Waals surface area (Å²) in [6.45, 7) is 1.24. The summed E-state index contributed by atoms with van der Waals surface area (Å²) in [4.78, 5) is 11.2. The molecular weight excluding hydrogens is 283 g/mol. The van der Waals surface area contributed by atoms with Gasteiger partial charge in [-0.15, -0.1) is 0 Å². The highest BCUT2D eigenvalue weighted by molar-refractivity contribution is 6.33. The molecule has 0 saturated carbocycles. The maximum Gasteiger partial charge on any atom is 0.419 e. The van der Waals surface area contributed by atoms with Crippen molar-refractivity contribution < 1.29 is 31.5 Å². The molecule has 2 nitrogen and oxygen atoms in total. The number of esters is 1. The minimum Gasteiger partial charge on any atom is -0.462 e. The first-order valence-electron chi connectivity index (χ1n) is 4.62. The van der Waals surface area contributed by atoms with Crippen LogP contribution in [0.4, 0.5) is 22.0 Å². The largest absolute Gasteiger partial charge is 0.462 e. The quantitative estimate of drug-likeness (QED) is 0.470. The van der Waals surface area contributed by atoms with E-state index in [-0.39, 0.29) is 12.7 Å². The van der Waals surface area contributed by atoms with E-state index in [4.69, 9.17) is 11.6 Å². The fraction of sp³-hybridized carbons (Fsp3) is 0.300. The Morgan fingerprint density at radius 1 is 1.33 bits per heavy atom. The molecule has 18 heavy (non-hydrogen) atoms. The molecule has 100 valence electrons. The molecule has 8 heteroatoms. The zero-order valence-corrected chi connectivity index (χ0v) is 9.62. The summed E-state index contributed by atoms with van der Waals surface area (Å²) in [6, 6.07) is 0.145. The van der Waals surface area contributed by atoms with Crippen molar-refractivity contribution in [2.75, 3.05) is 6.61 Å². The molecule has 0 aromatic heterocycles. The summed E-state index contributed by atoms with van der Waals surface area (Å²) in [5.74, 6) is -5.49. The average Bonchev–Trinajstić information content (AvgIpc) is 2.22. The third-order valence-electron chi connectivity index (χ3n) is 1.94. The van der Waals surface area contributed by atoms with Gasteiger partial charge >= 0.3 is 12.1 Å². The normalized spacial score (nSPS) is 11.5.